The molecule has 4 aromatic carbocycles. The van der Waals surface area contributed by atoms with Gasteiger partial charge in [0.2, 0.25) is 11.8 Å². The van der Waals surface area contributed by atoms with E-state index in [4.69, 9.17) is 23.2 Å². The lowest BCUT2D eigenvalue weighted by atomic mass is 10.1. The highest BCUT2D eigenvalue weighted by atomic mass is 35.5. The lowest BCUT2D eigenvalue weighted by Gasteiger charge is -2.16. The van der Waals surface area contributed by atoms with Crippen molar-refractivity contribution in [2.24, 2.45) is 0 Å². The molecule has 1 heterocycles. The van der Waals surface area contributed by atoms with Gasteiger partial charge < -0.3 is 10.6 Å². The number of rotatable bonds is 9. The van der Waals surface area contributed by atoms with Crippen LogP contribution in [0.15, 0.2) is 108 Å². The molecule has 1 saturated heterocycles. The summed E-state index contributed by atoms with van der Waals surface area (Å²) in [4.78, 5) is 64.5. The van der Waals surface area contributed by atoms with Crippen LogP contribution in [0.5, 0.6) is 0 Å². The van der Waals surface area contributed by atoms with Gasteiger partial charge in [0, 0.05) is 34.7 Å². The van der Waals surface area contributed by atoms with E-state index in [2.05, 4.69) is 10.6 Å². The Labute approximate surface area is 271 Å². The SMILES string of the molecule is O=C(Nc1cccc(SC2CC(=O)N(c3ccc(Cl)c(Cl)c3)C2=O)c1)C(=Cc1ccc([N+](=O)[O-])cc1)NC(=O)c1ccccc1. The van der Waals surface area contributed by atoms with Gasteiger partial charge in [-0.1, -0.05) is 47.5 Å². The fraction of sp³-hybridized carbons (Fsp3) is 0.0625. The average molecular weight is 662 g/mol. The number of nitro benzene ring substituents is 1. The lowest BCUT2D eigenvalue weighted by molar-refractivity contribution is -0.384. The van der Waals surface area contributed by atoms with Crippen LogP contribution in [0.1, 0.15) is 22.3 Å². The first kappa shape index (κ1) is 31.5. The molecule has 1 atom stereocenters. The zero-order valence-corrected chi connectivity index (χ0v) is 25.4. The number of non-ortho nitro benzene ring substituents is 1. The highest BCUT2D eigenvalue weighted by Gasteiger charge is 2.40. The van der Waals surface area contributed by atoms with Crippen LogP contribution >= 0.6 is 35.0 Å². The van der Waals surface area contributed by atoms with Gasteiger partial charge in [-0.15, -0.1) is 11.8 Å². The molecule has 1 aliphatic rings. The summed E-state index contributed by atoms with van der Waals surface area (Å²) >= 11 is 13.2. The standard InChI is InChI=1S/C32H22Cl2N4O6S/c33-25-14-13-23(17-26(25)34)37-29(39)18-28(32(37)42)45-24-8-4-7-21(16-24)35-31(41)27(36-30(40)20-5-2-1-3-6-20)15-19-9-11-22(12-10-19)38(43)44/h1-17,28H,18H2,(H,35,41)(H,36,40). The molecule has 0 bridgehead atoms. The molecule has 45 heavy (non-hydrogen) atoms. The molecule has 1 aliphatic heterocycles. The van der Waals surface area contributed by atoms with E-state index in [0.29, 0.717) is 32.4 Å². The van der Waals surface area contributed by atoms with E-state index >= 15 is 0 Å². The van der Waals surface area contributed by atoms with Gasteiger partial charge >= 0.3 is 0 Å². The fourth-order valence-electron chi connectivity index (χ4n) is 4.40. The minimum absolute atomic E-state index is 0.0338. The number of hydrogen-bond donors (Lipinski definition) is 2. The minimum atomic E-state index is -0.708. The molecule has 0 aliphatic carbocycles. The number of anilines is 2. The first-order chi connectivity index (χ1) is 21.6. The molecule has 0 radical (unpaired) electrons. The smallest absolute Gasteiger partial charge is 0.272 e. The maximum absolute atomic E-state index is 13.4. The summed E-state index contributed by atoms with van der Waals surface area (Å²) in [6.07, 6.45) is 1.37. The summed E-state index contributed by atoms with van der Waals surface area (Å²) < 4.78 is 0. The van der Waals surface area contributed by atoms with E-state index in [-0.39, 0.29) is 28.7 Å². The van der Waals surface area contributed by atoms with E-state index in [1.165, 1.54) is 54.2 Å². The van der Waals surface area contributed by atoms with Crippen molar-refractivity contribution in [2.75, 3.05) is 10.2 Å². The van der Waals surface area contributed by atoms with E-state index in [9.17, 15) is 29.3 Å². The van der Waals surface area contributed by atoms with Crippen LogP contribution in [0, 0.1) is 10.1 Å². The maximum atomic E-state index is 13.4. The van der Waals surface area contributed by atoms with Gasteiger partial charge in [-0.2, -0.15) is 0 Å². The Hall–Kier alpha value is -4.97. The Morgan fingerprint density at radius 3 is 2.33 bits per heavy atom. The number of nitrogens with zero attached hydrogens (tertiary/aromatic N) is 2. The summed E-state index contributed by atoms with van der Waals surface area (Å²) in [6.45, 7) is 0. The van der Waals surface area contributed by atoms with Crippen molar-refractivity contribution in [2.45, 2.75) is 16.6 Å². The maximum Gasteiger partial charge on any atom is 0.272 e. The number of nitrogens with one attached hydrogen (secondary N) is 2. The predicted octanol–water partition coefficient (Wildman–Crippen LogP) is 6.74. The molecule has 5 rings (SSSR count). The lowest BCUT2D eigenvalue weighted by Crippen LogP contribution is -2.31. The summed E-state index contributed by atoms with van der Waals surface area (Å²) in [7, 11) is 0. The molecule has 2 N–H and O–H groups in total. The van der Waals surface area contributed by atoms with Gasteiger partial charge in [-0.3, -0.25) is 29.3 Å². The summed E-state index contributed by atoms with van der Waals surface area (Å²) in [6, 6.07) is 25.0. The third-order valence-corrected chi connectivity index (χ3v) is 8.50. The highest BCUT2D eigenvalue weighted by Crippen LogP contribution is 2.36. The third-order valence-electron chi connectivity index (χ3n) is 6.58. The molecular formula is C32H22Cl2N4O6S. The van der Waals surface area contributed by atoms with Gasteiger partial charge in [0.25, 0.3) is 17.5 Å². The van der Waals surface area contributed by atoms with E-state index in [1.807, 2.05) is 0 Å². The summed E-state index contributed by atoms with van der Waals surface area (Å²) in [5.41, 5.74) is 1.23. The molecule has 1 unspecified atom stereocenters. The van der Waals surface area contributed by atoms with E-state index < -0.39 is 27.9 Å². The number of amides is 4. The Bertz CT molecular complexity index is 1850. The second kappa shape index (κ2) is 13.8. The average Bonchev–Trinajstić information content (AvgIpc) is 3.30. The zero-order chi connectivity index (χ0) is 32.1. The fourth-order valence-corrected chi connectivity index (χ4v) is 5.81. The number of nitro groups is 1. The summed E-state index contributed by atoms with van der Waals surface area (Å²) in [5.74, 6) is -1.97. The molecule has 0 spiro atoms. The molecule has 4 aromatic rings. The molecule has 13 heteroatoms. The van der Waals surface area contributed by atoms with Crippen LogP contribution < -0.4 is 15.5 Å². The van der Waals surface area contributed by atoms with Crippen LogP contribution in [0.25, 0.3) is 6.08 Å². The van der Waals surface area contributed by atoms with E-state index in [0.717, 1.165) is 4.90 Å². The van der Waals surface area contributed by atoms with Gasteiger partial charge in [-0.05, 0) is 72.3 Å². The topological polar surface area (TPSA) is 139 Å². The number of carbonyl (C=O) groups excluding carboxylic acids is 4. The quantitative estimate of drug-likeness (QED) is 0.0877. The molecule has 10 nitrogen and oxygen atoms in total. The van der Waals surface area contributed by atoms with Crippen molar-refractivity contribution in [3.05, 3.63) is 134 Å². The van der Waals surface area contributed by atoms with Crippen LogP contribution in [0.4, 0.5) is 17.1 Å². The summed E-state index contributed by atoms with van der Waals surface area (Å²) in [5, 5.41) is 16.2. The Morgan fingerprint density at radius 2 is 1.64 bits per heavy atom. The van der Waals surface area contributed by atoms with Crippen molar-refractivity contribution in [3.63, 3.8) is 0 Å². The zero-order valence-electron chi connectivity index (χ0n) is 23.1. The molecule has 0 saturated carbocycles. The number of benzene rings is 4. The normalized spacial score (nSPS) is 14.8. The van der Waals surface area contributed by atoms with Gasteiger partial charge in [0.05, 0.1) is 25.9 Å². The van der Waals surface area contributed by atoms with Gasteiger partial charge in [-0.25, -0.2) is 4.90 Å². The Kier molecular flexibility index (Phi) is 9.62. The van der Waals surface area contributed by atoms with Crippen molar-refractivity contribution >= 4 is 81.7 Å². The minimum Gasteiger partial charge on any atom is -0.321 e. The number of imide groups is 1. The Balaban J connectivity index is 1.33. The predicted molar refractivity (Wildman–Crippen MR) is 173 cm³/mol. The number of thioether (sulfide) groups is 1. The van der Waals surface area contributed by atoms with Crippen molar-refractivity contribution in [3.8, 4) is 0 Å². The third kappa shape index (κ3) is 7.58. The van der Waals surface area contributed by atoms with Crippen LogP contribution in [-0.4, -0.2) is 33.8 Å². The molecule has 1 fully saturated rings. The monoisotopic (exact) mass is 660 g/mol. The second-order valence-electron chi connectivity index (χ2n) is 9.69. The largest absolute Gasteiger partial charge is 0.321 e. The second-order valence-corrected chi connectivity index (χ2v) is 11.8. The van der Waals surface area contributed by atoms with E-state index in [1.54, 1.807) is 60.7 Å². The molecule has 4 amide bonds. The number of hydrogen-bond acceptors (Lipinski definition) is 7. The first-order valence-corrected chi connectivity index (χ1v) is 14.9. The van der Waals surface area contributed by atoms with Gasteiger partial charge in [0.15, 0.2) is 0 Å². The molecule has 226 valence electrons. The number of carbonyl (C=O) groups is 4. The van der Waals surface area contributed by atoms with Crippen molar-refractivity contribution in [1.82, 2.24) is 5.32 Å². The van der Waals surface area contributed by atoms with Crippen LogP contribution in [0.2, 0.25) is 10.0 Å². The molecular weight excluding hydrogens is 639 g/mol. The van der Waals surface area contributed by atoms with Crippen molar-refractivity contribution < 1.29 is 24.1 Å². The number of halogens is 2. The van der Waals surface area contributed by atoms with Crippen LogP contribution in [-0.2, 0) is 14.4 Å². The van der Waals surface area contributed by atoms with Crippen LogP contribution in [0.3, 0.4) is 0 Å². The Morgan fingerprint density at radius 1 is 0.911 bits per heavy atom. The highest BCUT2D eigenvalue weighted by molar-refractivity contribution is 8.00. The van der Waals surface area contributed by atoms with Gasteiger partial charge in [0.1, 0.15) is 5.70 Å². The van der Waals surface area contributed by atoms with Crippen molar-refractivity contribution in [1.29, 1.82) is 0 Å². The first-order valence-electron chi connectivity index (χ1n) is 13.3. The molecule has 0 aromatic heterocycles.